The summed E-state index contributed by atoms with van der Waals surface area (Å²) >= 11 is 0. The molecule has 1 aromatic rings. The molecule has 5 aliphatic carbocycles. The molecule has 0 aliphatic heterocycles. The maximum absolute atomic E-state index is 14.9. The van der Waals surface area contributed by atoms with Crippen LogP contribution in [0.15, 0.2) is 42.5 Å². The Hall–Kier alpha value is -2.44. The lowest BCUT2D eigenvalue weighted by Gasteiger charge is -2.72. The second-order valence-electron chi connectivity index (χ2n) is 18.4. The van der Waals surface area contributed by atoms with E-state index in [-0.39, 0.29) is 33.7 Å². The number of hydrogen-bond donors (Lipinski definition) is 1. The van der Waals surface area contributed by atoms with Crippen LogP contribution >= 0.6 is 0 Å². The van der Waals surface area contributed by atoms with Gasteiger partial charge in [0.15, 0.2) is 0 Å². The monoisotopic (exact) mass is 672 g/mol. The van der Waals surface area contributed by atoms with E-state index in [0.29, 0.717) is 60.8 Å². The molecule has 4 saturated carbocycles. The second kappa shape index (κ2) is 13.0. The smallest absolute Gasteiger partial charge is 0.298 e. The van der Waals surface area contributed by atoms with Crippen molar-refractivity contribution < 1.29 is 19.4 Å². The summed E-state index contributed by atoms with van der Waals surface area (Å²) in [6.07, 6.45) is 12.6. The number of likely N-dealkylation sites (N-methyl/N-ethyl adjacent to an activating group) is 1. The molecule has 0 radical (unpaired) electrons. The van der Waals surface area contributed by atoms with Crippen LogP contribution in [0.5, 0.6) is 5.75 Å². The Morgan fingerprint density at radius 3 is 2.27 bits per heavy atom. The van der Waals surface area contributed by atoms with Gasteiger partial charge in [0, 0.05) is 19.6 Å². The first-order chi connectivity index (χ1) is 23.1. The lowest BCUT2D eigenvalue weighted by molar-refractivity contribution is -0.226. The molecule has 4 fully saturated rings. The third-order valence-electron chi connectivity index (χ3n) is 15.9. The minimum Gasteiger partial charge on any atom is -0.429 e. The number of rotatable bonds is 10. The molecular weight excluding hydrogens is 608 g/mol. The fourth-order valence-corrected chi connectivity index (χ4v) is 13.5. The molecule has 6 rings (SSSR count). The van der Waals surface area contributed by atoms with Crippen LogP contribution in [0.4, 0.5) is 0 Å². The molecule has 0 bridgehead atoms. The standard InChI is InChI=1S/C43H64N2O4/c1-29(2)32-16-21-43(38(48)45(26-27-46)25-24-44(8)9)23-22-41(6)34(37(32)43)14-15-36-40(5)19-17-33(30-10-12-31(13-11-30)49-28-47)39(3,4)35(40)18-20-42(36,41)7/h10-13,17,28,32,34-37,46H,1,14-16,18-27H2,2-9H3/t32-,34+,35-,36+,37+,40-,41+,42+,43-/m0/s1. The van der Waals surface area contributed by atoms with E-state index >= 15 is 0 Å². The summed E-state index contributed by atoms with van der Waals surface area (Å²) in [4.78, 5) is 29.9. The normalized spacial score (nSPS) is 39.1. The summed E-state index contributed by atoms with van der Waals surface area (Å²) in [5, 5.41) is 10.0. The molecule has 0 saturated heterocycles. The second-order valence-corrected chi connectivity index (χ2v) is 18.4. The number of hydrogen-bond acceptors (Lipinski definition) is 5. The highest BCUT2D eigenvalue weighted by molar-refractivity contribution is 5.84. The first-order valence-corrected chi connectivity index (χ1v) is 19.2. The molecule has 1 amide bonds. The Labute approximate surface area is 296 Å². The Morgan fingerprint density at radius 1 is 0.918 bits per heavy atom. The molecule has 0 spiro atoms. The molecule has 5 aliphatic rings. The van der Waals surface area contributed by atoms with Gasteiger partial charge in [0.2, 0.25) is 5.91 Å². The van der Waals surface area contributed by atoms with Crippen molar-refractivity contribution in [2.75, 3.05) is 40.3 Å². The van der Waals surface area contributed by atoms with Gasteiger partial charge >= 0.3 is 0 Å². The fraction of sp³-hybridized carbons (Fsp3) is 0.721. The fourth-order valence-electron chi connectivity index (χ4n) is 13.5. The molecule has 0 aromatic heterocycles. The lowest BCUT2D eigenvalue weighted by atomic mass is 9.32. The number of aliphatic hydroxyl groups is 1. The number of carbonyl (C=O) groups is 2. The van der Waals surface area contributed by atoms with Crippen LogP contribution in [0.25, 0.3) is 5.57 Å². The number of nitrogens with zero attached hydrogens (tertiary/aromatic N) is 2. The molecule has 6 heteroatoms. The number of allylic oxidation sites excluding steroid dienone is 3. The van der Waals surface area contributed by atoms with E-state index in [1.807, 2.05) is 17.0 Å². The van der Waals surface area contributed by atoms with E-state index in [0.717, 1.165) is 38.6 Å². The van der Waals surface area contributed by atoms with Crippen molar-refractivity contribution in [3.8, 4) is 5.75 Å². The topological polar surface area (TPSA) is 70.1 Å². The van der Waals surface area contributed by atoms with Crippen molar-refractivity contribution >= 4 is 18.0 Å². The van der Waals surface area contributed by atoms with E-state index in [4.69, 9.17) is 4.74 Å². The van der Waals surface area contributed by atoms with Gasteiger partial charge in [0.25, 0.3) is 6.47 Å². The highest BCUT2D eigenvalue weighted by Crippen LogP contribution is 2.78. The van der Waals surface area contributed by atoms with Crippen molar-refractivity contribution in [2.45, 2.75) is 99.3 Å². The van der Waals surface area contributed by atoms with E-state index in [1.54, 1.807) is 0 Å². The van der Waals surface area contributed by atoms with Gasteiger partial charge in [-0.15, -0.1) is 0 Å². The number of carbonyl (C=O) groups excluding carboxylic acids is 2. The largest absolute Gasteiger partial charge is 0.429 e. The zero-order valence-corrected chi connectivity index (χ0v) is 31.8. The van der Waals surface area contributed by atoms with Crippen LogP contribution in [0, 0.1) is 56.7 Å². The Balaban J connectivity index is 1.34. The van der Waals surface area contributed by atoms with E-state index in [2.05, 4.69) is 85.3 Å². The maximum Gasteiger partial charge on any atom is 0.298 e. The number of ether oxygens (including phenoxy) is 1. The maximum atomic E-state index is 14.9. The van der Waals surface area contributed by atoms with Gasteiger partial charge in [-0.1, -0.05) is 65.0 Å². The van der Waals surface area contributed by atoms with Gasteiger partial charge < -0.3 is 19.6 Å². The zero-order chi connectivity index (χ0) is 35.6. The minimum absolute atomic E-state index is 0.0108. The predicted octanol–water partition coefficient (Wildman–Crippen LogP) is 8.26. The van der Waals surface area contributed by atoms with Gasteiger partial charge in [0.05, 0.1) is 12.0 Å². The molecule has 0 unspecified atom stereocenters. The van der Waals surface area contributed by atoms with Crippen LogP contribution in [0.1, 0.15) is 105 Å². The minimum atomic E-state index is -0.351. The molecule has 49 heavy (non-hydrogen) atoms. The third kappa shape index (κ3) is 5.48. The van der Waals surface area contributed by atoms with Crippen LogP contribution < -0.4 is 4.74 Å². The first kappa shape index (κ1) is 36.4. The Kier molecular flexibility index (Phi) is 9.61. The molecule has 1 N–H and O–H groups in total. The molecular formula is C43H64N2O4. The molecule has 1 aromatic carbocycles. The molecule has 9 atom stereocenters. The Morgan fingerprint density at radius 2 is 1.63 bits per heavy atom. The zero-order valence-electron chi connectivity index (χ0n) is 31.8. The van der Waals surface area contributed by atoms with Crippen LogP contribution in [0.3, 0.4) is 0 Å². The number of fused-ring (bicyclic) bond motifs is 7. The Bertz CT molecular complexity index is 1460. The average Bonchev–Trinajstić information content (AvgIpc) is 3.45. The SMILES string of the molecule is C=C(C)[C@@H]1CC[C@]2(C(=O)N(CCO)CCN(C)C)CC[C@]3(C)[C@H](CC[C@@H]4[C@@]5(C)CC=C(c6ccc(OC=O)cc6)C(C)(C)[C@@H]5CC[C@]43C)[C@@H]12. The van der Waals surface area contributed by atoms with Gasteiger partial charge in [-0.25, -0.2) is 0 Å². The summed E-state index contributed by atoms with van der Waals surface area (Å²) in [6.45, 7) is 22.0. The number of amides is 1. The molecule has 270 valence electrons. The number of aliphatic hydroxyl groups excluding tert-OH is 1. The van der Waals surface area contributed by atoms with Gasteiger partial charge in [-0.05, 0) is 153 Å². The van der Waals surface area contributed by atoms with Crippen LogP contribution in [-0.2, 0) is 9.59 Å². The van der Waals surface area contributed by atoms with Crippen molar-refractivity contribution in [3.05, 3.63) is 48.1 Å². The molecule has 0 heterocycles. The summed E-state index contributed by atoms with van der Waals surface area (Å²) < 4.78 is 5.09. The van der Waals surface area contributed by atoms with Crippen molar-refractivity contribution in [2.24, 2.45) is 56.7 Å². The van der Waals surface area contributed by atoms with E-state index < -0.39 is 0 Å². The number of benzene rings is 1. The quantitative estimate of drug-likeness (QED) is 0.200. The summed E-state index contributed by atoms with van der Waals surface area (Å²) in [5.41, 5.74) is 4.14. The summed E-state index contributed by atoms with van der Waals surface area (Å²) in [7, 11) is 4.12. The highest BCUT2D eigenvalue weighted by atomic mass is 16.5. The first-order valence-electron chi connectivity index (χ1n) is 19.2. The summed E-state index contributed by atoms with van der Waals surface area (Å²) in [5.74, 6) is 3.29. The van der Waals surface area contributed by atoms with E-state index in [9.17, 15) is 14.7 Å². The van der Waals surface area contributed by atoms with Crippen LogP contribution in [0.2, 0.25) is 0 Å². The van der Waals surface area contributed by atoms with Gasteiger partial charge in [-0.3, -0.25) is 9.59 Å². The van der Waals surface area contributed by atoms with Gasteiger partial charge in [-0.2, -0.15) is 0 Å². The summed E-state index contributed by atoms with van der Waals surface area (Å²) in [6, 6.07) is 8.06. The van der Waals surface area contributed by atoms with Crippen molar-refractivity contribution in [1.82, 2.24) is 9.80 Å². The third-order valence-corrected chi connectivity index (χ3v) is 15.9. The van der Waals surface area contributed by atoms with Crippen LogP contribution in [-0.4, -0.2) is 67.6 Å². The van der Waals surface area contributed by atoms with E-state index in [1.165, 1.54) is 42.4 Å². The lowest BCUT2D eigenvalue weighted by Crippen LogP contribution is -2.66. The van der Waals surface area contributed by atoms with Crippen molar-refractivity contribution in [1.29, 1.82) is 0 Å². The average molecular weight is 673 g/mol. The van der Waals surface area contributed by atoms with Crippen molar-refractivity contribution in [3.63, 3.8) is 0 Å². The highest BCUT2D eigenvalue weighted by Gasteiger charge is 2.71. The predicted molar refractivity (Wildman–Crippen MR) is 198 cm³/mol. The molecule has 6 nitrogen and oxygen atoms in total. The van der Waals surface area contributed by atoms with Gasteiger partial charge in [0.1, 0.15) is 5.75 Å².